The van der Waals surface area contributed by atoms with Crippen molar-refractivity contribution in [3.05, 3.63) is 71.3 Å². The van der Waals surface area contributed by atoms with Gasteiger partial charge in [-0.2, -0.15) is 0 Å². The summed E-state index contributed by atoms with van der Waals surface area (Å²) >= 11 is 0. The van der Waals surface area contributed by atoms with E-state index in [9.17, 15) is 4.79 Å². The Morgan fingerprint density at radius 1 is 1.00 bits per heavy atom. The van der Waals surface area contributed by atoms with Gasteiger partial charge in [0.2, 0.25) is 0 Å². The van der Waals surface area contributed by atoms with Crippen LogP contribution in [-0.4, -0.2) is 44.0 Å². The second kappa shape index (κ2) is 12.1. The van der Waals surface area contributed by atoms with Crippen molar-refractivity contribution in [2.75, 3.05) is 27.2 Å². The molecule has 0 saturated heterocycles. The standard InChI is InChI=1S/C25H34N4O.HI/c1-4-26-24(27-18-20-12-14-21(15-13-20)23(30)29(2)3)28-19-25(16-8-9-17-25)22-10-6-5-7-11-22;/h5-7,10-15H,4,8-9,16-19H2,1-3H3,(H2,26,27,28);1H. The molecule has 0 aliphatic heterocycles. The van der Waals surface area contributed by atoms with Crippen molar-refractivity contribution in [1.82, 2.24) is 15.5 Å². The van der Waals surface area contributed by atoms with Crippen LogP contribution in [0.1, 0.15) is 54.1 Å². The highest BCUT2D eigenvalue weighted by molar-refractivity contribution is 14.0. The molecule has 0 aromatic heterocycles. The normalized spacial score (nSPS) is 15.1. The molecular weight excluding hydrogens is 499 g/mol. The van der Waals surface area contributed by atoms with E-state index >= 15 is 0 Å². The van der Waals surface area contributed by atoms with Gasteiger partial charge in [0.15, 0.2) is 5.96 Å². The molecule has 2 aromatic carbocycles. The molecule has 0 radical (unpaired) electrons. The Morgan fingerprint density at radius 3 is 2.23 bits per heavy atom. The van der Waals surface area contributed by atoms with E-state index in [1.165, 1.54) is 31.2 Å². The molecular formula is C25H35IN4O. The summed E-state index contributed by atoms with van der Waals surface area (Å²) in [5.74, 6) is 0.857. The summed E-state index contributed by atoms with van der Waals surface area (Å²) in [4.78, 5) is 18.4. The third kappa shape index (κ3) is 6.69. The fraction of sp³-hybridized carbons (Fsp3) is 0.440. The summed E-state index contributed by atoms with van der Waals surface area (Å²) in [5, 5.41) is 6.96. The molecule has 0 bridgehead atoms. The van der Waals surface area contributed by atoms with Gasteiger partial charge in [0.25, 0.3) is 5.91 Å². The van der Waals surface area contributed by atoms with Gasteiger partial charge in [-0.25, -0.2) is 4.99 Å². The van der Waals surface area contributed by atoms with Gasteiger partial charge in [0, 0.05) is 38.2 Å². The van der Waals surface area contributed by atoms with Gasteiger partial charge < -0.3 is 15.5 Å². The summed E-state index contributed by atoms with van der Waals surface area (Å²) in [6, 6.07) is 18.6. The van der Waals surface area contributed by atoms with E-state index in [2.05, 4.69) is 47.9 Å². The van der Waals surface area contributed by atoms with E-state index in [4.69, 9.17) is 4.99 Å². The highest BCUT2D eigenvalue weighted by Gasteiger charge is 2.35. The summed E-state index contributed by atoms with van der Waals surface area (Å²) in [7, 11) is 3.53. The van der Waals surface area contributed by atoms with Crippen molar-refractivity contribution >= 4 is 35.8 Å². The smallest absolute Gasteiger partial charge is 0.253 e. The first-order chi connectivity index (χ1) is 14.5. The van der Waals surface area contributed by atoms with E-state index < -0.39 is 0 Å². The number of amides is 1. The number of aliphatic imine (C=N–C) groups is 1. The van der Waals surface area contributed by atoms with E-state index in [1.54, 1.807) is 19.0 Å². The maximum atomic E-state index is 12.0. The summed E-state index contributed by atoms with van der Waals surface area (Å²) in [5.41, 5.74) is 3.39. The Morgan fingerprint density at radius 2 is 1.65 bits per heavy atom. The first kappa shape index (κ1) is 25.2. The minimum Gasteiger partial charge on any atom is -0.357 e. The highest BCUT2D eigenvalue weighted by atomic mass is 127. The molecule has 31 heavy (non-hydrogen) atoms. The molecule has 1 aliphatic carbocycles. The number of halogens is 1. The highest BCUT2D eigenvalue weighted by Crippen LogP contribution is 2.40. The van der Waals surface area contributed by atoms with Crippen molar-refractivity contribution in [2.45, 2.75) is 44.6 Å². The van der Waals surface area contributed by atoms with Crippen LogP contribution in [0.25, 0.3) is 0 Å². The van der Waals surface area contributed by atoms with Gasteiger partial charge in [-0.3, -0.25) is 4.79 Å². The Kier molecular flexibility index (Phi) is 9.81. The maximum absolute atomic E-state index is 12.0. The van der Waals surface area contributed by atoms with Crippen molar-refractivity contribution in [2.24, 2.45) is 4.99 Å². The van der Waals surface area contributed by atoms with Crippen LogP contribution in [-0.2, 0) is 12.0 Å². The predicted molar refractivity (Wildman–Crippen MR) is 139 cm³/mol. The van der Waals surface area contributed by atoms with Crippen LogP contribution in [0.2, 0.25) is 0 Å². The lowest BCUT2D eigenvalue weighted by atomic mass is 9.79. The largest absolute Gasteiger partial charge is 0.357 e. The first-order valence-corrected chi connectivity index (χ1v) is 10.9. The number of rotatable bonds is 7. The minimum absolute atomic E-state index is 0. The van der Waals surface area contributed by atoms with Crippen LogP contribution in [0.3, 0.4) is 0 Å². The predicted octanol–water partition coefficient (Wildman–Crippen LogP) is 4.57. The van der Waals surface area contributed by atoms with Gasteiger partial charge in [-0.15, -0.1) is 24.0 Å². The second-order valence-electron chi connectivity index (χ2n) is 8.30. The molecule has 2 N–H and O–H groups in total. The molecule has 0 unspecified atom stereocenters. The molecule has 6 heteroatoms. The van der Waals surface area contributed by atoms with E-state index in [0.29, 0.717) is 12.1 Å². The lowest BCUT2D eigenvalue weighted by Gasteiger charge is -2.30. The van der Waals surface area contributed by atoms with Crippen molar-refractivity contribution in [3.63, 3.8) is 0 Å². The van der Waals surface area contributed by atoms with Crippen LogP contribution in [0.15, 0.2) is 59.6 Å². The third-order valence-electron chi connectivity index (χ3n) is 5.91. The number of guanidine groups is 1. The fourth-order valence-corrected chi connectivity index (χ4v) is 4.19. The number of benzene rings is 2. The maximum Gasteiger partial charge on any atom is 0.253 e. The number of nitrogens with zero attached hydrogens (tertiary/aromatic N) is 2. The van der Waals surface area contributed by atoms with E-state index in [0.717, 1.165) is 24.6 Å². The summed E-state index contributed by atoms with van der Waals surface area (Å²) < 4.78 is 0. The SMILES string of the molecule is CCNC(=NCc1ccc(C(=O)N(C)C)cc1)NCC1(c2ccccc2)CCCC1.I. The number of nitrogens with one attached hydrogen (secondary N) is 2. The second-order valence-corrected chi connectivity index (χ2v) is 8.30. The van der Waals surface area contributed by atoms with Crippen LogP contribution < -0.4 is 10.6 Å². The van der Waals surface area contributed by atoms with Crippen LogP contribution in [0.5, 0.6) is 0 Å². The third-order valence-corrected chi connectivity index (χ3v) is 5.91. The van der Waals surface area contributed by atoms with Gasteiger partial charge in [0.1, 0.15) is 0 Å². The molecule has 5 nitrogen and oxygen atoms in total. The average molecular weight is 534 g/mol. The lowest BCUT2D eigenvalue weighted by Crippen LogP contribution is -2.44. The molecule has 0 heterocycles. The monoisotopic (exact) mass is 534 g/mol. The van der Waals surface area contributed by atoms with E-state index in [1.807, 2.05) is 24.3 Å². The van der Waals surface area contributed by atoms with E-state index in [-0.39, 0.29) is 35.3 Å². The van der Waals surface area contributed by atoms with Crippen molar-refractivity contribution < 1.29 is 4.79 Å². The molecule has 1 amide bonds. The Balaban J connectivity index is 0.00000341. The molecule has 3 rings (SSSR count). The van der Waals surface area contributed by atoms with Crippen LogP contribution in [0, 0.1) is 0 Å². The fourth-order valence-electron chi connectivity index (χ4n) is 4.19. The molecule has 2 aromatic rings. The zero-order valence-corrected chi connectivity index (χ0v) is 21.2. The first-order valence-electron chi connectivity index (χ1n) is 10.9. The molecule has 168 valence electrons. The molecule has 1 fully saturated rings. The van der Waals surface area contributed by atoms with Crippen LogP contribution in [0.4, 0.5) is 0 Å². The zero-order valence-electron chi connectivity index (χ0n) is 18.9. The van der Waals surface area contributed by atoms with Gasteiger partial charge in [-0.05, 0) is 43.0 Å². The number of hydrogen-bond acceptors (Lipinski definition) is 2. The molecule has 0 spiro atoms. The number of hydrogen-bond donors (Lipinski definition) is 2. The van der Waals surface area contributed by atoms with Crippen molar-refractivity contribution in [3.8, 4) is 0 Å². The van der Waals surface area contributed by atoms with Gasteiger partial charge in [-0.1, -0.05) is 55.3 Å². The zero-order chi connectivity index (χ0) is 21.4. The Hall–Kier alpha value is -2.09. The Labute approximate surface area is 203 Å². The topological polar surface area (TPSA) is 56.7 Å². The van der Waals surface area contributed by atoms with Gasteiger partial charge >= 0.3 is 0 Å². The minimum atomic E-state index is 0. The summed E-state index contributed by atoms with van der Waals surface area (Å²) in [6.07, 6.45) is 4.99. The molecule has 1 saturated carbocycles. The Bertz CT molecular complexity index is 844. The quantitative estimate of drug-likeness (QED) is 0.311. The van der Waals surface area contributed by atoms with Crippen molar-refractivity contribution in [1.29, 1.82) is 0 Å². The van der Waals surface area contributed by atoms with Crippen LogP contribution >= 0.6 is 24.0 Å². The van der Waals surface area contributed by atoms with Gasteiger partial charge in [0.05, 0.1) is 6.54 Å². The summed E-state index contributed by atoms with van der Waals surface area (Å²) in [6.45, 7) is 4.37. The lowest BCUT2D eigenvalue weighted by molar-refractivity contribution is 0.0827. The molecule has 0 atom stereocenters. The average Bonchev–Trinajstić information content (AvgIpc) is 3.26. The molecule has 1 aliphatic rings. The number of carbonyl (C=O) groups excluding carboxylic acids is 1. The number of carbonyl (C=O) groups is 1.